The van der Waals surface area contributed by atoms with E-state index in [1.54, 1.807) is 0 Å². The quantitative estimate of drug-likeness (QED) is 0.859. The molecule has 1 aromatic carbocycles. The lowest BCUT2D eigenvalue weighted by Crippen LogP contribution is -2.30. The Bertz CT molecular complexity index is 588. The summed E-state index contributed by atoms with van der Waals surface area (Å²) in [5.74, 6) is 1.54. The second-order valence-corrected chi connectivity index (χ2v) is 6.45. The highest BCUT2D eigenvalue weighted by atomic mass is 14.9. The molecule has 1 heterocycles. The van der Waals surface area contributed by atoms with Crippen LogP contribution in [0.15, 0.2) is 36.7 Å². The average Bonchev–Trinajstić information content (AvgIpc) is 2.94. The summed E-state index contributed by atoms with van der Waals surface area (Å²) in [6.07, 6.45) is 9.32. The van der Waals surface area contributed by atoms with Crippen LogP contribution < -0.4 is 5.32 Å². The largest absolute Gasteiger partial charge is 0.310 e. The van der Waals surface area contributed by atoms with Crippen LogP contribution in [-0.2, 0) is 0 Å². The SMILES string of the molecule is CCCNC(c1cncc2ccccc12)C1CCCC1C. The van der Waals surface area contributed by atoms with E-state index in [9.17, 15) is 0 Å². The number of fused-ring (bicyclic) bond motifs is 1. The third kappa shape index (κ3) is 2.96. The molecule has 0 amide bonds. The number of hydrogen-bond acceptors (Lipinski definition) is 2. The molecule has 0 spiro atoms. The summed E-state index contributed by atoms with van der Waals surface area (Å²) in [4.78, 5) is 4.50. The zero-order valence-corrected chi connectivity index (χ0v) is 13.2. The Hall–Kier alpha value is -1.41. The third-order valence-corrected chi connectivity index (χ3v) is 5.00. The molecule has 0 radical (unpaired) electrons. The van der Waals surface area contributed by atoms with Crippen molar-refractivity contribution >= 4 is 10.8 Å². The Labute approximate surface area is 128 Å². The van der Waals surface area contributed by atoms with Crippen molar-refractivity contribution < 1.29 is 0 Å². The van der Waals surface area contributed by atoms with Crippen molar-refractivity contribution in [1.29, 1.82) is 0 Å². The molecule has 2 heteroatoms. The summed E-state index contributed by atoms with van der Waals surface area (Å²) in [5.41, 5.74) is 1.39. The molecule has 0 aliphatic heterocycles. The Kier molecular flexibility index (Phi) is 4.54. The van der Waals surface area contributed by atoms with Gasteiger partial charge in [-0.3, -0.25) is 4.98 Å². The zero-order valence-electron chi connectivity index (χ0n) is 13.2. The molecule has 3 rings (SSSR count). The molecule has 3 unspecified atom stereocenters. The number of benzene rings is 1. The molecule has 1 aromatic heterocycles. The van der Waals surface area contributed by atoms with Crippen molar-refractivity contribution in [1.82, 2.24) is 10.3 Å². The van der Waals surface area contributed by atoms with Crippen molar-refractivity contribution in [3.8, 4) is 0 Å². The van der Waals surface area contributed by atoms with E-state index in [1.807, 2.05) is 6.20 Å². The first kappa shape index (κ1) is 14.5. The molecule has 112 valence electrons. The smallest absolute Gasteiger partial charge is 0.0372 e. The fourth-order valence-electron chi connectivity index (χ4n) is 3.85. The van der Waals surface area contributed by atoms with E-state index in [2.05, 4.69) is 54.6 Å². The second kappa shape index (κ2) is 6.57. The van der Waals surface area contributed by atoms with Crippen LogP contribution in [0.5, 0.6) is 0 Å². The summed E-state index contributed by atoms with van der Waals surface area (Å²) in [6, 6.07) is 9.09. The van der Waals surface area contributed by atoms with Gasteiger partial charge in [-0.05, 0) is 42.2 Å². The van der Waals surface area contributed by atoms with Crippen LogP contribution in [0.25, 0.3) is 10.8 Å². The summed E-state index contributed by atoms with van der Waals surface area (Å²) in [7, 11) is 0. The molecule has 2 aromatic rings. The van der Waals surface area contributed by atoms with E-state index in [4.69, 9.17) is 0 Å². The second-order valence-electron chi connectivity index (χ2n) is 6.45. The van der Waals surface area contributed by atoms with Crippen LogP contribution in [0.2, 0.25) is 0 Å². The van der Waals surface area contributed by atoms with Gasteiger partial charge in [0.25, 0.3) is 0 Å². The predicted octanol–water partition coefficient (Wildman–Crippen LogP) is 4.71. The first-order chi connectivity index (χ1) is 10.3. The monoisotopic (exact) mass is 282 g/mol. The van der Waals surface area contributed by atoms with Gasteiger partial charge in [0.2, 0.25) is 0 Å². The summed E-state index contributed by atoms with van der Waals surface area (Å²) in [5, 5.41) is 6.43. The first-order valence-electron chi connectivity index (χ1n) is 8.37. The normalized spacial score (nSPS) is 23.5. The van der Waals surface area contributed by atoms with E-state index in [0.717, 1.165) is 18.4 Å². The molecule has 1 aliphatic carbocycles. The highest BCUT2D eigenvalue weighted by Crippen LogP contribution is 2.41. The van der Waals surface area contributed by atoms with E-state index >= 15 is 0 Å². The molecule has 0 bridgehead atoms. The number of pyridine rings is 1. The molecule has 3 atom stereocenters. The Morgan fingerprint density at radius 3 is 2.86 bits per heavy atom. The molecule has 1 saturated carbocycles. The van der Waals surface area contributed by atoms with Gasteiger partial charge in [-0.25, -0.2) is 0 Å². The van der Waals surface area contributed by atoms with Crippen LogP contribution in [-0.4, -0.2) is 11.5 Å². The van der Waals surface area contributed by atoms with Gasteiger partial charge in [-0.2, -0.15) is 0 Å². The van der Waals surface area contributed by atoms with Gasteiger partial charge in [-0.1, -0.05) is 51.0 Å². The van der Waals surface area contributed by atoms with Crippen molar-refractivity contribution in [2.45, 2.75) is 45.6 Å². The van der Waals surface area contributed by atoms with E-state index in [1.165, 1.54) is 42.0 Å². The highest BCUT2D eigenvalue weighted by molar-refractivity contribution is 5.85. The number of nitrogens with one attached hydrogen (secondary N) is 1. The highest BCUT2D eigenvalue weighted by Gasteiger charge is 2.32. The maximum absolute atomic E-state index is 4.50. The lowest BCUT2D eigenvalue weighted by molar-refractivity contribution is 0.303. The zero-order chi connectivity index (χ0) is 14.7. The molecule has 21 heavy (non-hydrogen) atoms. The van der Waals surface area contributed by atoms with Gasteiger partial charge in [0.05, 0.1) is 0 Å². The van der Waals surface area contributed by atoms with Crippen molar-refractivity contribution in [3.05, 3.63) is 42.2 Å². The first-order valence-corrected chi connectivity index (χ1v) is 8.37. The average molecular weight is 282 g/mol. The van der Waals surface area contributed by atoms with Crippen molar-refractivity contribution in [3.63, 3.8) is 0 Å². The minimum absolute atomic E-state index is 0.445. The maximum atomic E-state index is 4.50. The standard InChI is InChI=1S/C19H26N2/c1-3-11-21-19(16-10-6-7-14(16)2)18-13-20-12-15-8-4-5-9-17(15)18/h4-5,8-9,12-14,16,19,21H,3,6-7,10-11H2,1-2H3. The topological polar surface area (TPSA) is 24.9 Å². The Morgan fingerprint density at radius 1 is 1.24 bits per heavy atom. The van der Waals surface area contributed by atoms with Crippen molar-refractivity contribution in [2.24, 2.45) is 11.8 Å². The lowest BCUT2D eigenvalue weighted by Gasteiger charge is -2.29. The summed E-state index contributed by atoms with van der Waals surface area (Å²) in [6.45, 7) is 5.73. The Balaban J connectivity index is 2.01. The van der Waals surface area contributed by atoms with E-state index < -0.39 is 0 Å². The summed E-state index contributed by atoms with van der Waals surface area (Å²) < 4.78 is 0. The van der Waals surface area contributed by atoms with E-state index in [0.29, 0.717) is 6.04 Å². The van der Waals surface area contributed by atoms with Crippen LogP contribution in [0.4, 0.5) is 0 Å². The Morgan fingerprint density at radius 2 is 2.10 bits per heavy atom. The lowest BCUT2D eigenvalue weighted by atomic mass is 9.84. The molecular formula is C19H26N2. The minimum Gasteiger partial charge on any atom is -0.310 e. The van der Waals surface area contributed by atoms with E-state index in [-0.39, 0.29) is 0 Å². The van der Waals surface area contributed by atoms with Gasteiger partial charge in [0.15, 0.2) is 0 Å². The molecular weight excluding hydrogens is 256 g/mol. The summed E-state index contributed by atoms with van der Waals surface area (Å²) >= 11 is 0. The number of hydrogen-bond donors (Lipinski definition) is 1. The third-order valence-electron chi connectivity index (χ3n) is 5.00. The number of aromatic nitrogens is 1. The van der Waals surface area contributed by atoms with Gasteiger partial charge in [0, 0.05) is 23.8 Å². The minimum atomic E-state index is 0.445. The number of rotatable bonds is 5. The molecule has 1 fully saturated rings. The van der Waals surface area contributed by atoms with Crippen LogP contribution in [0.1, 0.15) is 51.1 Å². The molecule has 0 saturated heterocycles. The van der Waals surface area contributed by atoms with Gasteiger partial charge < -0.3 is 5.32 Å². The van der Waals surface area contributed by atoms with Crippen molar-refractivity contribution in [2.75, 3.05) is 6.54 Å². The molecule has 2 nitrogen and oxygen atoms in total. The fourth-order valence-corrected chi connectivity index (χ4v) is 3.85. The van der Waals surface area contributed by atoms with Crippen LogP contribution in [0, 0.1) is 11.8 Å². The van der Waals surface area contributed by atoms with Gasteiger partial charge >= 0.3 is 0 Å². The predicted molar refractivity (Wildman–Crippen MR) is 89.3 cm³/mol. The number of nitrogens with zero attached hydrogens (tertiary/aromatic N) is 1. The van der Waals surface area contributed by atoms with Gasteiger partial charge in [-0.15, -0.1) is 0 Å². The molecule has 1 N–H and O–H groups in total. The van der Waals surface area contributed by atoms with Crippen LogP contribution in [0.3, 0.4) is 0 Å². The van der Waals surface area contributed by atoms with Crippen LogP contribution >= 0.6 is 0 Å². The fraction of sp³-hybridized carbons (Fsp3) is 0.526. The maximum Gasteiger partial charge on any atom is 0.0372 e. The molecule has 1 aliphatic rings. The van der Waals surface area contributed by atoms with Gasteiger partial charge in [0.1, 0.15) is 0 Å².